The van der Waals surface area contributed by atoms with Crippen molar-refractivity contribution >= 4 is 17.6 Å². The van der Waals surface area contributed by atoms with Gasteiger partial charge in [0.2, 0.25) is 0 Å². The summed E-state index contributed by atoms with van der Waals surface area (Å²) in [5.74, 6) is 4.35. The molecule has 0 bridgehead atoms. The Bertz CT molecular complexity index is 701. The van der Waals surface area contributed by atoms with Crippen LogP contribution < -0.4 is 10.6 Å². The van der Waals surface area contributed by atoms with Gasteiger partial charge in [0.1, 0.15) is 18.1 Å². The molecular formula is C14H13F2N5O. The van der Waals surface area contributed by atoms with Gasteiger partial charge in [-0.1, -0.05) is 0 Å². The fourth-order valence-corrected chi connectivity index (χ4v) is 1.53. The molecule has 0 aliphatic rings. The molecule has 1 aromatic carbocycles. The predicted molar refractivity (Wildman–Crippen MR) is 78.4 cm³/mol. The van der Waals surface area contributed by atoms with Crippen molar-refractivity contribution in [1.29, 1.82) is 0 Å². The lowest BCUT2D eigenvalue weighted by Crippen LogP contribution is -2.16. The molecule has 0 aliphatic carbocycles. The van der Waals surface area contributed by atoms with Gasteiger partial charge in [0.15, 0.2) is 5.82 Å². The van der Waals surface area contributed by atoms with Crippen LogP contribution in [-0.2, 0) is 0 Å². The molecule has 0 saturated heterocycles. The SMILES string of the molecule is Cc1cc(F)ccc1N=CC(COc1ncc(F)cn1)=NN. The van der Waals surface area contributed by atoms with Crippen LogP contribution in [-0.4, -0.2) is 28.5 Å². The van der Waals surface area contributed by atoms with Crippen LogP contribution in [0.4, 0.5) is 14.5 Å². The standard InChI is InChI=1S/C14H13F2N5O/c1-9-4-10(15)2-3-13(9)18-7-12(21-17)8-22-14-19-5-11(16)6-20-14/h2-7H,8,17H2,1H3. The first kappa shape index (κ1) is 15.5. The molecule has 2 rings (SSSR count). The molecule has 0 fully saturated rings. The molecular weight excluding hydrogens is 292 g/mol. The Labute approximate surface area is 125 Å². The summed E-state index contributed by atoms with van der Waals surface area (Å²) in [5, 5.41) is 3.52. The number of hydrogen-bond acceptors (Lipinski definition) is 6. The van der Waals surface area contributed by atoms with Crippen LogP contribution in [0.2, 0.25) is 0 Å². The number of hydrazone groups is 1. The molecule has 0 saturated carbocycles. The van der Waals surface area contributed by atoms with E-state index in [1.807, 2.05) is 0 Å². The summed E-state index contributed by atoms with van der Waals surface area (Å²) in [7, 11) is 0. The highest BCUT2D eigenvalue weighted by Gasteiger charge is 2.03. The summed E-state index contributed by atoms with van der Waals surface area (Å²) in [5.41, 5.74) is 1.58. The summed E-state index contributed by atoms with van der Waals surface area (Å²) < 4.78 is 30.8. The molecule has 22 heavy (non-hydrogen) atoms. The van der Waals surface area contributed by atoms with Gasteiger partial charge in [0.05, 0.1) is 24.3 Å². The number of aliphatic imine (C=N–C) groups is 1. The molecule has 2 aromatic rings. The van der Waals surface area contributed by atoms with E-state index in [0.717, 1.165) is 12.4 Å². The minimum Gasteiger partial charge on any atom is -0.457 e. The maximum Gasteiger partial charge on any atom is 0.316 e. The first-order valence-corrected chi connectivity index (χ1v) is 6.26. The Balaban J connectivity index is 2.00. The molecule has 0 spiro atoms. The molecule has 0 aliphatic heterocycles. The number of aryl methyl sites for hydroxylation is 1. The van der Waals surface area contributed by atoms with Crippen molar-refractivity contribution in [3.8, 4) is 6.01 Å². The van der Waals surface area contributed by atoms with E-state index in [-0.39, 0.29) is 18.4 Å². The van der Waals surface area contributed by atoms with Crippen molar-refractivity contribution < 1.29 is 13.5 Å². The number of rotatable bonds is 5. The van der Waals surface area contributed by atoms with Crippen LogP contribution in [0.15, 0.2) is 40.7 Å². The van der Waals surface area contributed by atoms with Crippen LogP contribution in [0.1, 0.15) is 5.56 Å². The van der Waals surface area contributed by atoms with Gasteiger partial charge in [-0.2, -0.15) is 5.10 Å². The van der Waals surface area contributed by atoms with E-state index >= 15 is 0 Å². The highest BCUT2D eigenvalue weighted by Crippen LogP contribution is 2.18. The van der Waals surface area contributed by atoms with Gasteiger partial charge in [0, 0.05) is 0 Å². The zero-order valence-corrected chi connectivity index (χ0v) is 11.7. The third-order valence-electron chi connectivity index (χ3n) is 2.62. The van der Waals surface area contributed by atoms with Crippen LogP contribution >= 0.6 is 0 Å². The van der Waals surface area contributed by atoms with Crippen molar-refractivity contribution in [3.05, 3.63) is 47.8 Å². The van der Waals surface area contributed by atoms with Gasteiger partial charge in [-0.15, -0.1) is 0 Å². The molecule has 2 N–H and O–H groups in total. The minimum absolute atomic E-state index is 0.00564. The van der Waals surface area contributed by atoms with Crippen LogP contribution in [0.5, 0.6) is 6.01 Å². The first-order chi connectivity index (χ1) is 10.6. The molecule has 0 amide bonds. The van der Waals surface area contributed by atoms with Gasteiger partial charge in [0.25, 0.3) is 0 Å². The maximum atomic E-state index is 13.0. The Morgan fingerprint density at radius 3 is 2.64 bits per heavy atom. The monoisotopic (exact) mass is 305 g/mol. The Morgan fingerprint density at radius 2 is 2.00 bits per heavy atom. The van der Waals surface area contributed by atoms with Crippen molar-refractivity contribution in [2.75, 3.05) is 6.61 Å². The largest absolute Gasteiger partial charge is 0.457 e. The molecule has 6 nitrogen and oxygen atoms in total. The zero-order chi connectivity index (χ0) is 15.9. The topological polar surface area (TPSA) is 85.8 Å². The molecule has 0 atom stereocenters. The number of aromatic nitrogens is 2. The van der Waals surface area contributed by atoms with Crippen LogP contribution in [0.3, 0.4) is 0 Å². The summed E-state index contributed by atoms with van der Waals surface area (Å²) in [6.45, 7) is 1.70. The smallest absolute Gasteiger partial charge is 0.316 e. The Kier molecular flexibility index (Phi) is 5.07. The summed E-state index contributed by atoms with van der Waals surface area (Å²) >= 11 is 0. The summed E-state index contributed by atoms with van der Waals surface area (Å²) in [4.78, 5) is 11.4. The van der Waals surface area contributed by atoms with E-state index in [1.54, 1.807) is 13.0 Å². The first-order valence-electron chi connectivity index (χ1n) is 6.26. The lowest BCUT2D eigenvalue weighted by Gasteiger charge is -2.03. The Hall–Kier alpha value is -2.90. The van der Waals surface area contributed by atoms with E-state index < -0.39 is 5.82 Å². The second-order valence-electron chi connectivity index (χ2n) is 4.28. The quantitative estimate of drug-likeness (QED) is 0.521. The van der Waals surface area contributed by atoms with E-state index in [2.05, 4.69) is 20.1 Å². The third-order valence-corrected chi connectivity index (χ3v) is 2.62. The van der Waals surface area contributed by atoms with Crippen molar-refractivity contribution in [2.45, 2.75) is 6.92 Å². The molecule has 1 heterocycles. The van der Waals surface area contributed by atoms with Crippen molar-refractivity contribution in [1.82, 2.24) is 9.97 Å². The zero-order valence-electron chi connectivity index (χ0n) is 11.7. The molecule has 8 heteroatoms. The van der Waals surface area contributed by atoms with Gasteiger partial charge in [-0.25, -0.2) is 18.7 Å². The van der Waals surface area contributed by atoms with Gasteiger partial charge >= 0.3 is 6.01 Å². The fraction of sp³-hybridized carbons (Fsp3) is 0.143. The lowest BCUT2D eigenvalue weighted by molar-refractivity contribution is 0.344. The highest BCUT2D eigenvalue weighted by molar-refractivity contribution is 6.31. The maximum absolute atomic E-state index is 13.0. The second-order valence-corrected chi connectivity index (χ2v) is 4.28. The molecule has 1 aromatic heterocycles. The van der Waals surface area contributed by atoms with E-state index in [4.69, 9.17) is 10.6 Å². The van der Waals surface area contributed by atoms with Crippen molar-refractivity contribution in [3.63, 3.8) is 0 Å². The van der Waals surface area contributed by atoms with Gasteiger partial charge in [-0.3, -0.25) is 4.99 Å². The highest BCUT2D eigenvalue weighted by atomic mass is 19.1. The third kappa shape index (κ3) is 4.30. The minimum atomic E-state index is -0.562. The average Bonchev–Trinajstić information content (AvgIpc) is 2.51. The average molecular weight is 305 g/mol. The van der Waals surface area contributed by atoms with E-state index in [0.29, 0.717) is 17.0 Å². The van der Waals surface area contributed by atoms with E-state index in [9.17, 15) is 8.78 Å². The number of ether oxygens (including phenoxy) is 1. The Morgan fingerprint density at radius 1 is 1.27 bits per heavy atom. The number of nitrogens with zero attached hydrogens (tertiary/aromatic N) is 4. The van der Waals surface area contributed by atoms with Crippen molar-refractivity contribution in [2.24, 2.45) is 15.9 Å². The fourth-order valence-electron chi connectivity index (χ4n) is 1.53. The van der Waals surface area contributed by atoms with Crippen LogP contribution in [0, 0.1) is 18.6 Å². The van der Waals surface area contributed by atoms with E-state index in [1.165, 1.54) is 18.3 Å². The number of halogens is 2. The van der Waals surface area contributed by atoms with Gasteiger partial charge in [-0.05, 0) is 30.7 Å². The molecule has 0 unspecified atom stereocenters. The summed E-state index contributed by atoms with van der Waals surface area (Å²) in [6, 6.07) is 4.21. The van der Waals surface area contributed by atoms with Gasteiger partial charge < -0.3 is 10.6 Å². The predicted octanol–water partition coefficient (Wildman–Crippen LogP) is 2.16. The summed E-state index contributed by atoms with van der Waals surface area (Å²) in [6.07, 6.45) is 3.36. The molecule has 0 radical (unpaired) electrons. The molecule has 114 valence electrons. The number of nitrogens with two attached hydrogens (primary N) is 1. The number of benzene rings is 1. The second kappa shape index (κ2) is 7.21. The lowest BCUT2D eigenvalue weighted by atomic mass is 10.2. The van der Waals surface area contributed by atoms with Crippen LogP contribution in [0.25, 0.3) is 0 Å². The number of hydrogen-bond donors (Lipinski definition) is 1. The normalized spacial score (nSPS) is 11.9.